The second-order valence-electron chi connectivity index (χ2n) is 3.34. The average Bonchev–Trinajstić information content (AvgIpc) is 2.26. The van der Waals surface area contributed by atoms with E-state index >= 15 is 0 Å². The van der Waals surface area contributed by atoms with Crippen LogP contribution in [0.3, 0.4) is 0 Å². The summed E-state index contributed by atoms with van der Waals surface area (Å²) < 4.78 is 32.4. The van der Waals surface area contributed by atoms with Crippen LogP contribution in [-0.2, 0) is 10.1 Å². The quantitative estimate of drug-likeness (QED) is 0.584. The Balaban J connectivity index is 2.73. The van der Waals surface area contributed by atoms with Crippen molar-refractivity contribution in [2.45, 2.75) is 4.90 Å². The van der Waals surface area contributed by atoms with Crippen LogP contribution in [0.15, 0.2) is 41.3 Å². The first-order valence-electron chi connectivity index (χ1n) is 4.45. The van der Waals surface area contributed by atoms with Crippen LogP contribution in [0.5, 0.6) is 0 Å². The third-order valence-electron chi connectivity index (χ3n) is 2.26. The van der Waals surface area contributed by atoms with Gasteiger partial charge in [0.1, 0.15) is 16.4 Å². The summed E-state index contributed by atoms with van der Waals surface area (Å²) in [6, 6.07) is 8.92. The summed E-state index contributed by atoms with van der Waals surface area (Å²) in [4.78, 5) is 10.3. The molecule has 0 spiro atoms. The van der Waals surface area contributed by atoms with Crippen LogP contribution in [-0.4, -0.2) is 19.3 Å². The maximum Gasteiger partial charge on any atom is 0.150 e. The van der Waals surface area contributed by atoms with Crippen molar-refractivity contribution in [1.82, 2.24) is 0 Å². The van der Waals surface area contributed by atoms with E-state index in [9.17, 15) is 17.8 Å². The number of hydrogen-bond acceptors (Lipinski definition) is 4. The molecule has 0 amide bonds. The molecule has 0 saturated heterocycles. The molecule has 0 saturated carbocycles. The third-order valence-corrected chi connectivity index (χ3v) is 3.09. The fourth-order valence-electron chi connectivity index (χ4n) is 1.47. The van der Waals surface area contributed by atoms with Crippen molar-refractivity contribution in [3.8, 4) is 0 Å². The SMILES string of the molecule is O=Cc1ccc2ccc(S(=O)(=O)[O-])cc2c1. The molecule has 0 N–H and O–H groups in total. The van der Waals surface area contributed by atoms with Crippen LogP contribution in [0.1, 0.15) is 10.4 Å². The zero-order chi connectivity index (χ0) is 11.8. The fraction of sp³-hybridized carbons (Fsp3) is 0. The molecule has 0 bridgehead atoms. The Morgan fingerprint density at radius 3 is 2.31 bits per heavy atom. The van der Waals surface area contributed by atoms with Crippen molar-refractivity contribution in [3.63, 3.8) is 0 Å². The summed E-state index contributed by atoms with van der Waals surface area (Å²) in [5.74, 6) is 0. The highest BCUT2D eigenvalue weighted by Gasteiger charge is 2.03. The monoisotopic (exact) mass is 235 g/mol. The van der Waals surface area contributed by atoms with E-state index in [1.54, 1.807) is 12.1 Å². The van der Waals surface area contributed by atoms with Crippen LogP contribution in [0.25, 0.3) is 10.8 Å². The van der Waals surface area contributed by atoms with Gasteiger partial charge in [0, 0.05) is 5.56 Å². The third kappa shape index (κ3) is 1.95. The van der Waals surface area contributed by atoms with Gasteiger partial charge < -0.3 is 4.55 Å². The lowest BCUT2D eigenvalue weighted by Gasteiger charge is -2.08. The number of aldehydes is 1. The first kappa shape index (κ1) is 10.8. The largest absolute Gasteiger partial charge is 0.744 e. The molecule has 0 aliphatic rings. The molecule has 0 aliphatic carbocycles. The summed E-state index contributed by atoms with van der Waals surface area (Å²) >= 11 is 0. The molecule has 0 heterocycles. The second kappa shape index (κ2) is 3.70. The summed E-state index contributed by atoms with van der Waals surface area (Å²) in [5.41, 5.74) is 0.438. The number of rotatable bonds is 2. The Labute approximate surface area is 92.3 Å². The van der Waals surface area contributed by atoms with Gasteiger partial charge in [0.05, 0.1) is 4.90 Å². The van der Waals surface area contributed by atoms with Crippen LogP contribution < -0.4 is 0 Å². The molecular weight excluding hydrogens is 228 g/mol. The molecule has 5 heteroatoms. The molecule has 0 aliphatic heterocycles. The minimum Gasteiger partial charge on any atom is -0.744 e. The van der Waals surface area contributed by atoms with Gasteiger partial charge in [0.2, 0.25) is 0 Å². The molecule has 2 aromatic rings. The van der Waals surface area contributed by atoms with Crippen molar-refractivity contribution in [3.05, 3.63) is 42.0 Å². The van der Waals surface area contributed by atoms with Gasteiger partial charge in [-0.3, -0.25) is 4.79 Å². The standard InChI is InChI=1S/C11H8O4S/c12-7-8-1-2-9-3-4-11(16(13,14)15)6-10(9)5-8/h1-7H,(H,13,14,15)/p-1. The van der Waals surface area contributed by atoms with Crippen LogP contribution in [0.4, 0.5) is 0 Å². The van der Waals surface area contributed by atoms with Gasteiger partial charge >= 0.3 is 0 Å². The van der Waals surface area contributed by atoms with Gasteiger partial charge in [0.25, 0.3) is 0 Å². The zero-order valence-corrected chi connectivity index (χ0v) is 8.90. The minimum atomic E-state index is -4.45. The van der Waals surface area contributed by atoms with E-state index in [4.69, 9.17) is 0 Å². The lowest BCUT2D eigenvalue weighted by Crippen LogP contribution is -1.98. The molecule has 0 unspecified atom stereocenters. The Hall–Kier alpha value is -1.72. The van der Waals surface area contributed by atoms with Gasteiger partial charge in [-0.25, -0.2) is 8.42 Å². The highest BCUT2D eigenvalue weighted by molar-refractivity contribution is 7.85. The number of carbonyl (C=O) groups excluding carboxylic acids is 1. The highest BCUT2D eigenvalue weighted by Crippen LogP contribution is 2.19. The van der Waals surface area contributed by atoms with Gasteiger partial charge in [-0.2, -0.15) is 0 Å². The summed E-state index contributed by atoms with van der Waals surface area (Å²) in [5, 5.41) is 1.33. The Kier molecular flexibility index (Phi) is 2.49. The molecule has 4 nitrogen and oxygen atoms in total. The average molecular weight is 235 g/mol. The van der Waals surface area contributed by atoms with Crippen molar-refractivity contribution < 1.29 is 17.8 Å². The second-order valence-corrected chi connectivity index (χ2v) is 4.72. The first-order valence-corrected chi connectivity index (χ1v) is 5.86. The summed E-state index contributed by atoms with van der Waals surface area (Å²) in [6.45, 7) is 0. The fourth-order valence-corrected chi connectivity index (χ4v) is 1.98. The van der Waals surface area contributed by atoms with Gasteiger partial charge in [0.15, 0.2) is 0 Å². The lowest BCUT2D eigenvalue weighted by molar-refractivity contribution is 0.112. The molecule has 2 aromatic carbocycles. The molecule has 0 atom stereocenters. The predicted octanol–water partition coefficient (Wildman–Crippen LogP) is 1.56. The smallest absolute Gasteiger partial charge is 0.150 e. The Bertz CT molecular complexity index is 659. The van der Waals surface area contributed by atoms with Crippen molar-refractivity contribution >= 4 is 27.2 Å². The minimum absolute atomic E-state index is 0.289. The maximum atomic E-state index is 10.8. The number of hydrogen-bond donors (Lipinski definition) is 0. The Morgan fingerprint density at radius 2 is 1.69 bits per heavy atom. The molecule has 0 aromatic heterocycles. The predicted molar refractivity (Wildman–Crippen MR) is 57.3 cm³/mol. The topological polar surface area (TPSA) is 74.3 Å². The van der Waals surface area contributed by atoms with E-state index in [2.05, 4.69) is 0 Å². The molecule has 0 fully saturated rings. The number of benzene rings is 2. The highest BCUT2D eigenvalue weighted by atomic mass is 32.2. The van der Waals surface area contributed by atoms with Crippen molar-refractivity contribution in [1.29, 1.82) is 0 Å². The zero-order valence-electron chi connectivity index (χ0n) is 8.08. The van der Waals surface area contributed by atoms with Gasteiger partial charge in [-0.1, -0.05) is 18.2 Å². The van der Waals surface area contributed by atoms with E-state index in [1.165, 1.54) is 24.3 Å². The molecule has 16 heavy (non-hydrogen) atoms. The first-order chi connectivity index (χ1) is 7.50. The maximum absolute atomic E-state index is 10.8. The van der Waals surface area contributed by atoms with E-state index in [0.717, 1.165) is 5.39 Å². The lowest BCUT2D eigenvalue weighted by atomic mass is 10.1. The number of fused-ring (bicyclic) bond motifs is 1. The molecule has 0 radical (unpaired) electrons. The van der Waals surface area contributed by atoms with E-state index in [0.29, 0.717) is 17.2 Å². The summed E-state index contributed by atoms with van der Waals surface area (Å²) in [7, 11) is -4.45. The number of carbonyl (C=O) groups is 1. The normalized spacial score (nSPS) is 11.6. The van der Waals surface area contributed by atoms with Gasteiger partial charge in [-0.15, -0.1) is 0 Å². The van der Waals surface area contributed by atoms with Crippen molar-refractivity contribution in [2.75, 3.05) is 0 Å². The van der Waals surface area contributed by atoms with Crippen molar-refractivity contribution in [2.24, 2.45) is 0 Å². The van der Waals surface area contributed by atoms with Gasteiger partial charge in [-0.05, 0) is 29.0 Å². The summed E-state index contributed by atoms with van der Waals surface area (Å²) in [6.07, 6.45) is 0.664. The molecule has 2 rings (SSSR count). The van der Waals surface area contributed by atoms with E-state index < -0.39 is 10.1 Å². The molecular formula is C11H7O4S-. The van der Waals surface area contributed by atoms with Crippen LogP contribution >= 0.6 is 0 Å². The molecule has 82 valence electrons. The van der Waals surface area contributed by atoms with Crippen LogP contribution in [0.2, 0.25) is 0 Å². The van der Waals surface area contributed by atoms with E-state index in [-0.39, 0.29) is 4.90 Å². The Morgan fingerprint density at radius 1 is 1.00 bits per heavy atom. The van der Waals surface area contributed by atoms with Crippen LogP contribution in [0, 0.1) is 0 Å². The van der Waals surface area contributed by atoms with E-state index in [1.807, 2.05) is 0 Å².